The fraction of sp³-hybridized carbons (Fsp3) is 0.421. The Bertz CT molecular complexity index is 860. The predicted octanol–water partition coefficient (Wildman–Crippen LogP) is 1.76. The number of hydrogen-bond donors (Lipinski definition) is 2. The molecule has 0 atom stereocenters. The molecular formula is C19H26N6O2. The molecule has 27 heavy (non-hydrogen) atoms. The van der Waals surface area contributed by atoms with E-state index in [-0.39, 0.29) is 29.9 Å². The highest BCUT2D eigenvalue weighted by Gasteiger charge is 2.21. The number of nitrogens with one attached hydrogen (secondary N) is 1. The Morgan fingerprint density at radius 1 is 1.48 bits per heavy atom. The molecule has 2 rings (SSSR count). The van der Waals surface area contributed by atoms with E-state index < -0.39 is 11.5 Å². The normalized spacial score (nSPS) is 14.7. The fourth-order valence-electron chi connectivity index (χ4n) is 2.27. The SMILES string of the molecule is C=C(N=C/C=C\C)NC(=O)Cn1nc(C(C)C)c(N)c(C=NC2CC2)c1=O. The first kappa shape index (κ1) is 20.3. The molecule has 8 nitrogen and oxygen atoms in total. The number of carbonyl (C=O) groups is 1. The van der Waals surface area contributed by atoms with Gasteiger partial charge in [0.25, 0.3) is 5.56 Å². The lowest BCUT2D eigenvalue weighted by Gasteiger charge is -2.14. The minimum Gasteiger partial charge on any atom is -0.396 e. The monoisotopic (exact) mass is 370 g/mol. The molecule has 0 saturated heterocycles. The van der Waals surface area contributed by atoms with E-state index >= 15 is 0 Å². The molecule has 1 heterocycles. The standard InChI is InChI=1S/C19H26N6O2/c1-5-6-9-21-13(4)23-16(26)11-25-19(27)15(10-22-14-7-8-14)17(20)18(24-25)12(2)3/h5-6,9-10,12,14H,4,7-8,11,20H2,1-3H3,(H,23,26)/b6-5-,21-9?,22-10?. The quantitative estimate of drug-likeness (QED) is 0.679. The Morgan fingerprint density at radius 3 is 2.78 bits per heavy atom. The van der Waals surface area contributed by atoms with Gasteiger partial charge in [-0.15, -0.1) is 0 Å². The molecule has 1 aliphatic rings. The van der Waals surface area contributed by atoms with Crippen LogP contribution in [0.4, 0.5) is 5.69 Å². The average Bonchev–Trinajstić information content (AvgIpc) is 3.41. The van der Waals surface area contributed by atoms with Crippen LogP contribution < -0.4 is 16.6 Å². The first-order chi connectivity index (χ1) is 12.8. The van der Waals surface area contributed by atoms with Gasteiger partial charge in [-0.25, -0.2) is 9.67 Å². The van der Waals surface area contributed by atoms with Crippen molar-refractivity contribution in [2.75, 3.05) is 5.73 Å². The van der Waals surface area contributed by atoms with Crippen LogP contribution in [-0.2, 0) is 11.3 Å². The summed E-state index contributed by atoms with van der Waals surface area (Å²) in [5, 5.41) is 6.80. The van der Waals surface area contributed by atoms with E-state index in [1.165, 1.54) is 12.4 Å². The smallest absolute Gasteiger partial charge is 0.278 e. The number of nitrogens with zero attached hydrogens (tertiary/aromatic N) is 4. The fourth-order valence-corrected chi connectivity index (χ4v) is 2.27. The Balaban J connectivity index is 2.25. The topological polar surface area (TPSA) is 115 Å². The van der Waals surface area contributed by atoms with Crippen LogP contribution in [0, 0.1) is 0 Å². The number of nitrogen functional groups attached to an aromatic ring is 1. The van der Waals surface area contributed by atoms with Crippen molar-refractivity contribution in [2.45, 2.75) is 52.1 Å². The van der Waals surface area contributed by atoms with Crippen molar-refractivity contribution in [1.82, 2.24) is 15.1 Å². The number of allylic oxidation sites excluding steroid dienone is 2. The van der Waals surface area contributed by atoms with E-state index in [4.69, 9.17) is 5.73 Å². The van der Waals surface area contributed by atoms with Crippen LogP contribution >= 0.6 is 0 Å². The van der Waals surface area contributed by atoms with Gasteiger partial charge in [-0.2, -0.15) is 5.10 Å². The van der Waals surface area contributed by atoms with Gasteiger partial charge in [0, 0.05) is 12.4 Å². The van der Waals surface area contributed by atoms with E-state index in [1.54, 1.807) is 12.2 Å². The number of hydrogen-bond acceptors (Lipinski definition) is 6. The van der Waals surface area contributed by atoms with Crippen molar-refractivity contribution >= 4 is 24.0 Å². The van der Waals surface area contributed by atoms with Crippen molar-refractivity contribution in [2.24, 2.45) is 9.98 Å². The van der Waals surface area contributed by atoms with Crippen molar-refractivity contribution < 1.29 is 4.79 Å². The maximum Gasteiger partial charge on any atom is 0.278 e. The molecule has 3 N–H and O–H groups in total. The third-order valence-corrected chi connectivity index (χ3v) is 3.85. The van der Waals surface area contributed by atoms with Gasteiger partial charge in [-0.1, -0.05) is 26.5 Å². The summed E-state index contributed by atoms with van der Waals surface area (Å²) < 4.78 is 1.11. The molecule has 1 aromatic heterocycles. The molecule has 1 saturated carbocycles. The number of amides is 1. The van der Waals surface area contributed by atoms with Crippen LogP contribution in [0.5, 0.6) is 0 Å². The molecule has 0 radical (unpaired) electrons. The molecular weight excluding hydrogens is 344 g/mol. The number of rotatable bonds is 8. The summed E-state index contributed by atoms with van der Waals surface area (Å²) >= 11 is 0. The molecule has 0 aromatic carbocycles. The molecule has 0 unspecified atom stereocenters. The van der Waals surface area contributed by atoms with E-state index in [1.807, 2.05) is 20.8 Å². The molecule has 0 bridgehead atoms. The number of aliphatic imine (C=N–C) groups is 2. The molecule has 144 valence electrons. The van der Waals surface area contributed by atoms with Gasteiger partial charge in [0.1, 0.15) is 12.4 Å². The predicted molar refractivity (Wildman–Crippen MR) is 108 cm³/mol. The highest BCUT2D eigenvalue weighted by atomic mass is 16.2. The van der Waals surface area contributed by atoms with Gasteiger partial charge in [-0.3, -0.25) is 14.6 Å². The van der Waals surface area contributed by atoms with Gasteiger partial charge in [-0.05, 0) is 31.8 Å². The van der Waals surface area contributed by atoms with Crippen molar-refractivity contribution in [3.8, 4) is 0 Å². The average molecular weight is 370 g/mol. The zero-order valence-electron chi connectivity index (χ0n) is 16.0. The summed E-state index contributed by atoms with van der Waals surface area (Å²) in [6, 6.07) is 0.259. The summed E-state index contributed by atoms with van der Waals surface area (Å²) in [6.07, 6.45) is 8.57. The van der Waals surface area contributed by atoms with Crippen molar-refractivity contribution in [3.05, 3.63) is 46.2 Å². The largest absolute Gasteiger partial charge is 0.396 e. The second-order valence-electron chi connectivity index (χ2n) is 6.64. The minimum atomic E-state index is -0.447. The zero-order chi connectivity index (χ0) is 20.0. The highest BCUT2D eigenvalue weighted by Crippen LogP contribution is 2.24. The minimum absolute atomic E-state index is 0.00613. The maximum atomic E-state index is 12.7. The third-order valence-electron chi connectivity index (χ3n) is 3.85. The third kappa shape index (κ3) is 5.73. The van der Waals surface area contributed by atoms with Crippen LogP contribution in [-0.4, -0.2) is 34.2 Å². The molecule has 1 aromatic rings. The first-order valence-electron chi connectivity index (χ1n) is 8.91. The second kappa shape index (κ2) is 9.07. The maximum absolute atomic E-state index is 12.7. The Labute approximate surface area is 158 Å². The van der Waals surface area contributed by atoms with Gasteiger partial charge in [0.15, 0.2) is 0 Å². The molecule has 0 spiro atoms. The van der Waals surface area contributed by atoms with Crippen LogP contribution in [0.1, 0.15) is 50.8 Å². The Morgan fingerprint density at radius 2 is 2.19 bits per heavy atom. The van der Waals surface area contributed by atoms with E-state index in [0.717, 1.165) is 17.5 Å². The van der Waals surface area contributed by atoms with Crippen molar-refractivity contribution in [1.29, 1.82) is 0 Å². The van der Waals surface area contributed by atoms with Crippen LogP contribution in [0.3, 0.4) is 0 Å². The Hall–Kier alpha value is -3.03. The number of nitrogens with two attached hydrogens (primary N) is 1. The summed E-state index contributed by atoms with van der Waals surface area (Å²) in [4.78, 5) is 33.3. The molecule has 1 amide bonds. The molecule has 1 fully saturated rings. The van der Waals surface area contributed by atoms with E-state index in [2.05, 4.69) is 27.0 Å². The molecule has 0 aliphatic heterocycles. The van der Waals surface area contributed by atoms with Crippen LogP contribution in [0.25, 0.3) is 0 Å². The summed E-state index contributed by atoms with van der Waals surface area (Å²) in [6.45, 7) is 9.09. The lowest BCUT2D eigenvalue weighted by atomic mass is 10.1. The number of aromatic nitrogens is 2. The summed E-state index contributed by atoms with van der Waals surface area (Å²) in [7, 11) is 0. The van der Waals surface area contributed by atoms with Gasteiger partial charge >= 0.3 is 0 Å². The van der Waals surface area contributed by atoms with Gasteiger partial charge < -0.3 is 11.1 Å². The Kier molecular flexibility index (Phi) is 6.81. The lowest BCUT2D eigenvalue weighted by molar-refractivity contribution is -0.121. The zero-order valence-corrected chi connectivity index (χ0v) is 16.0. The second-order valence-corrected chi connectivity index (χ2v) is 6.64. The van der Waals surface area contributed by atoms with Gasteiger partial charge in [0.05, 0.1) is 23.0 Å². The van der Waals surface area contributed by atoms with E-state index in [9.17, 15) is 9.59 Å². The van der Waals surface area contributed by atoms with Crippen LogP contribution in [0.15, 0.2) is 39.3 Å². The number of carbonyl (C=O) groups excluding carboxylic acids is 1. The highest BCUT2D eigenvalue weighted by molar-refractivity contribution is 5.87. The van der Waals surface area contributed by atoms with E-state index in [0.29, 0.717) is 11.4 Å². The molecule has 1 aliphatic carbocycles. The first-order valence-corrected chi connectivity index (χ1v) is 8.91. The summed E-state index contributed by atoms with van der Waals surface area (Å²) in [5.74, 6) is -0.272. The lowest BCUT2D eigenvalue weighted by Crippen LogP contribution is -2.36. The van der Waals surface area contributed by atoms with Crippen molar-refractivity contribution in [3.63, 3.8) is 0 Å². The van der Waals surface area contributed by atoms with Gasteiger partial charge in [0.2, 0.25) is 5.91 Å². The van der Waals surface area contributed by atoms with Crippen LogP contribution in [0.2, 0.25) is 0 Å². The summed E-state index contributed by atoms with van der Waals surface area (Å²) in [5.41, 5.74) is 6.84. The molecule has 8 heteroatoms. The number of anilines is 1.